The van der Waals surface area contributed by atoms with Crippen LogP contribution >= 0.6 is 0 Å². The van der Waals surface area contributed by atoms with Gasteiger partial charge in [0, 0.05) is 31.2 Å². The molecule has 0 bridgehead atoms. The number of hydrogen-bond donors (Lipinski definition) is 1. The van der Waals surface area contributed by atoms with Crippen LogP contribution in [-0.4, -0.2) is 22.2 Å². The largest absolute Gasteiger partial charge is 0.398 e. The van der Waals surface area contributed by atoms with Gasteiger partial charge in [0.15, 0.2) is 0 Å². The normalized spacial score (nSPS) is 13.7. The third kappa shape index (κ3) is 1.87. The van der Waals surface area contributed by atoms with E-state index in [1.165, 1.54) is 5.56 Å². The van der Waals surface area contributed by atoms with Gasteiger partial charge in [0.05, 0.1) is 11.8 Å². The van der Waals surface area contributed by atoms with Crippen LogP contribution in [0.4, 0.5) is 11.4 Å². The number of carbonyl (C=O) groups excluding carboxylic acids is 1. The molecule has 5 nitrogen and oxygen atoms in total. The number of hydrogen-bond acceptors (Lipinski definition) is 3. The van der Waals surface area contributed by atoms with Crippen LogP contribution in [0.2, 0.25) is 0 Å². The van der Waals surface area contributed by atoms with Crippen molar-refractivity contribution in [1.29, 1.82) is 0 Å². The Kier molecular flexibility index (Phi) is 2.55. The first-order valence-corrected chi connectivity index (χ1v) is 6.26. The third-order valence-electron chi connectivity index (χ3n) is 3.56. The molecule has 2 aromatic rings. The fraction of sp³-hybridized carbons (Fsp3) is 0.286. The second-order valence-electron chi connectivity index (χ2n) is 4.95. The second-order valence-corrected chi connectivity index (χ2v) is 4.95. The number of nitrogens with zero attached hydrogens (tertiary/aromatic N) is 3. The van der Waals surface area contributed by atoms with Crippen molar-refractivity contribution in [1.82, 2.24) is 9.78 Å². The molecule has 1 aliphatic rings. The molecule has 0 fully saturated rings. The zero-order chi connectivity index (χ0) is 13.6. The first-order valence-electron chi connectivity index (χ1n) is 6.26. The van der Waals surface area contributed by atoms with E-state index >= 15 is 0 Å². The van der Waals surface area contributed by atoms with Gasteiger partial charge in [-0.2, -0.15) is 5.10 Å². The van der Waals surface area contributed by atoms with Crippen LogP contribution in [0.15, 0.2) is 24.5 Å². The standard InChI is InChI=1S/C14H16N4O/c1-9-5-10-3-4-18(13(10)6-12(9)15)14(19)11-7-16-17(2)8-11/h5-8H,3-4,15H2,1-2H3. The molecule has 1 aliphatic heterocycles. The molecule has 1 aromatic heterocycles. The number of aromatic nitrogens is 2. The summed E-state index contributed by atoms with van der Waals surface area (Å²) in [4.78, 5) is 14.2. The van der Waals surface area contributed by atoms with Crippen LogP contribution in [0.5, 0.6) is 0 Å². The molecule has 0 saturated carbocycles. The average Bonchev–Trinajstić information content (AvgIpc) is 2.96. The Morgan fingerprint density at radius 3 is 2.89 bits per heavy atom. The Bertz CT molecular complexity index is 659. The SMILES string of the molecule is Cc1cc2c(cc1N)N(C(=O)c1cnn(C)c1)CC2. The number of nitrogens with two attached hydrogens (primary N) is 1. The number of rotatable bonds is 1. The number of benzene rings is 1. The Balaban J connectivity index is 1.98. The molecule has 98 valence electrons. The van der Waals surface area contributed by atoms with E-state index in [2.05, 4.69) is 11.2 Å². The lowest BCUT2D eigenvalue weighted by Crippen LogP contribution is -2.28. The van der Waals surface area contributed by atoms with Gasteiger partial charge < -0.3 is 10.6 Å². The number of amides is 1. The fourth-order valence-electron chi connectivity index (χ4n) is 2.48. The smallest absolute Gasteiger partial charge is 0.261 e. The van der Waals surface area contributed by atoms with E-state index in [1.807, 2.05) is 13.0 Å². The van der Waals surface area contributed by atoms with Gasteiger partial charge in [-0.1, -0.05) is 6.07 Å². The van der Waals surface area contributed by atoms with E-state index in [0.717, 1.165) is 23.4 Å². The maximum Gasteiger partial charge on any atom is 0.261 e. The number of anilines is 2. The van der Waals surface area contributed by atoms with Gasteiger partial charge in [0.25, 0.3) is 5.91 Å². The van der Waals surface area contributed by atoms with Crippen LogP contribution in [0.1, 0.15) is 21.5 Å². The minimum atomic E-state index is -0.0184. The zero-order valence-electron chi connectivity index (χ0n) is 11.1. The highest BCUT2D eigenvalue weighted by Gasteiger charge is 2.26. The highest BCUT2D eigenvalue weighted by atomic mass is 16.2. The number of aryl methyl sites for hydroxylation is 2. The molecule has 0 aliphatic carbocycles. The molecule has 0 unspecified atom stereocenters. The van der Waals surface area contributed by atoms with Crippen molar-refractivity contribution in [3.63, 3.8) is 0 Å². The minimum Gasteiger partial charge on any atom is -0.398 e. The van der Waals surface area contributed by atoms with Crippen molar-refractivity contribution in [2.75, 3.05) is 17.2 Å². The number of carbonyl (C=O) groups is 1. The zero-order valence-corrected chi connectivity index (χ0v) is 11.1. The molecule has 1 aromatic carbocycles. The van der Waals surface area contributed by atoms with Gasteiger partial charge in [0.2, 0.25) is 0 Å². The van der Waals surface area contributed by atoms with Crippen molar-refractivity contribution in [3.8, 4) is 0 Å². The van der Waals surface area contributed by atoms with Crippen molar-refractivity contribution >= 4 is 17.3 Å². The molecule has 0 atom stereocenters. The van der Waals surface area contributed by atoms with Crippen molar-refractivity contribution in [2.45, 2.75) is 13.3 Å². The Labute approximate surface area is 111 Å². The maximum absolute atomic E-state index is 12.5. The van der Waals surface area contributed by atoms with Gasteiger partial charge in [0.1, 0.15) is 0 Å². The molecular formula is C14H16N4O. The van der Waals surface area contributed by atoms with Crippen molar-refractivity contribution in [2.24, 2.45) is 7.05 Å². The topological polar surface area (TPSA) is 64.2 Å². The summed E-state index contributed by atoms with van der Waals surface area (Å²) in [5.74, 6) is -0.0184. The van der Waals surface area contributed by atoms with E-state index in [9.17, 15) is 4.79 Å². The van der Waals surface area contributed by atoms with E-state index in [1.54, 1.807) is 29.0 Å². The van der Waals surface area contributed by atoms with Gasteiger partial charge >= 0.3 is 0 Å². The summed E-state index contributed by atoms with van der Waals surface area (Å²) in [6, 6.07) is 3.97. The summed E-state index contributed by atoms with van der Waals surface area (Å²) in [5.41, 5.74) is 10.5. The molecule has 19 heavy (non-hydrogen) atoms. The minimum absolute atomic E-state index is 0.0184. The first-order chi connectivity index (χ1) is 9.06. The second kappa shape index (κ2) is 4.12. The molecule has 0 radical (unpaired) electrons. The summed E-state index contributed by atoms with van der Waals surface area (Å²) in [5, 5.41) is 4.04. The number of nitrogen functional groups attached to an aromatic ring is 1. The lowest BCUT2D eigenvalue weighted by molar-refractivity contribution is 0.0989. The maximum atomic E-state index is 12.5. The molecule has 2 heterocycles. The molecule has 0 spiro atoms. The summed E-state index contributed by atoms with van der Waals surface area (Å²) < 4.78 is 1.63. The highest BCUT2D eigenvalue weighted by Crippen LogP contribution is 2.32. The molecule has 2 N–H and O–H groups in total. The third-order valence-corrected chi connectivity index (χ3v) is 3.56. The van der Waals surface area contributed by atoms with Crippen LogP contribution in [0, 0.1) is 6.92 Å². The molecular weight excluding hydrogens is 240 g/mol. The van der Waals surface area contributed by atoms with Crippen molar-refractivity contribution < 1.29 is 4.79 Å². The molecule has 3 rings (SSSR count). The fourth-order valence-corrected chi connectivity index (χ4v) is 2.48. The summed E-state index contributed by atoms with van der Waals surface area (Å²) in [7, 11) is 1.80. The summed E-state index contributed by atoms with van der Waals surface area (Å²) in [6.45, 7) is 2.69. The molecule has 5 heteroatoms. The predicted octanol–water partition coefficient (Wildman–Crippen LogP) is 1.51. The Morgan fingerprint density at radius 1 is 1.42 bits per heavy atom. The lowest BCUT2D eigenvalue weighted by Gasteiger charge is -2.17. The van der Waals surface area contributed by atoms with E-state index in [-0.39, 0.29) is 5.91 Å². The van der Waals surface area contributed by atoms with Crippen molar-refractivity contribution in [3.05, 3.63) is 41.2 Å². The molecule has 1 amide bonds. The predicted molar refractivity (Wildman–Crippen MR) is 74.2 cm³/mol. The summed E-state index contributed by atoms with van der Waals surface area (Å²) in [6.07, 6.45) is 4.21. The highest BCUT2D eigenvalue weighted by molar-refractivity contribution is 6.07. The number of fused-ring (bicyclic) bond motifs is 1. The Hall–Kier alpha value is -2.30. The van der Waals surface area contributed by atoms with Crippen LogP contribution in [0.25, 0.3) is 0 Å². The van der Waals surface area contributed by atoms with Gasteiger partial charge in [-0.25, -0.2) is 0 Å². The van der Waals surface area contributed by atoms with Crippen LogP contribution < -0.4 is 10.6 Å². The van der Waals surface area contributed by atoms with E-state index in [4.69, 9.17) is 5.73 Å². The molecule has 0 saturated heterocycles. The van der Waals surface area contributed by atoms with Gasteiger partial charge in [-0.3, -0.25) is 9.48 Å². The summed E-state index contributed by atoms with van der Waals surface area (Å²) >= 11 is 0. The lowest BCUT2D eigenvalue weighted by atomic mass is 10.1. The average molecular weight is 256 g/mol. The van der Waals surface area contributed by atoms with Crippen LogP contribution in [-0.2, 0) is 13.5 Å². The van der Waals surface area contributed by atoms with Gasteiger partial charge in [-0.05, 0) is 30.5 Å². The van der Waals surface area contributed by atoms with Gasteiger partial charge in [-0.15, -0.1) is 0 Å². The Morgan fingerprint density at radius 2 is 2.21 bits per heavy atom. The quantitative estimate of drug-likeness (QED) is 0.787. The van der Waals surface area contributed by atoms with E-state index < -0.39 is 0 Å². The first kappa shape index (κ1) is 11.8. The monoisotopic (exact) mass is 256 g/mol. The van der Waals surface area contributed by atoms with E-state index in [0.29, 0.717) is 12.1 Å². The van der Waals surface area contributed by atoms with Crippen LogP contribution in [0.3, 0.4) is 0 Å².